The van der Waals surface area contributed by atoms with Crippen LogP contribution >= 0.6 is 0 Å². The van der Waals surface area contributed by atoms with Gasteiger partial charge < -0.3 is 9.88 Å². The maximum absolute atomic E-state index is 13.0. The van der Waals surface area contributed by atoms with Gasteiger partial charge in [0.05, 0.1) is 6.20 Å². The third kappa shape index (κ3) is 3.51. The summed E-state index contributed by atoms with van der Waals surface area (Å²) >= 11 is 0. The average molecular weight is 408 g/mol. The van der Waals surface area contributed by atoms with E-state index in [1.807, 2.05) is 24.0 Å². The van der Waals surface area contributed by atoms with E-state index < -0.39 is 0 Å². The highest BCUT2D eigenvalue weighted by molar-refractivity contribution is 6.06. The molecule has 0 atom stereocenters. The van der Waals surface area contributed by atoms with Crippen molar-refractivity contribution in [1.29, 1.82) is 0 Å². The zero-order valence-corrected chi connectivity index (χ0v) is 17.6. The molecule has 1 N–H and O–H groups in total. The van der Waals surface area contributed by atoms with E-state index in [-0.39, 0.29) is 18.0 Å². The largest absolute Gasteiger partial charge is 0.350 e. The molecule has 3 heterocycles. The predicted octanol–water partition coefficient (Wildman–Crippen LogP) is 2.66. The van der Waals surface area contributed by atoms with Crippen molar-refractivity contribution in [3.63, 3.8) is 0 Å². The Labute approximate surface area is 175 Å². The lowest BCUT2D eigenvalue weighted by Gasteiger charge is -2.40. The molecule has 158 valence electrons. The minimum Gasteiger partial charge on any atom is -0.350 e. The molecule has 1 saturated carbocycles. The van der Waals surface area contributed by atoms with Crippen molar-refractivity contribution in [2.45, 2.75) is 51.6 Å². The highest BCUT2D eigenvalue weighted by atomic mass is 16.2. The minimum atomic E-state index is -0.240. The highest BCUT2D eigenvalue weighted by Crippen LogP contribution is 2.24. The number of aromatic nitrogens is 3. The van der Waals surface area contributed by atoms with Crippen LogP contribution in [-0.2, 0) is 11.3 Å². The van der Waals surface area contributed by atoms with Crippen LogP contribution in [0.1, 0.15) is 37.7 Å². The Hall–Kier alpha value is -2.67. The summed E-state index contributed by atoms with van der Waals surface area (Å²) in [7, 11) is 0. The van der Waals surface area contributed by atoms with Gasteiger partial charge in [-0.25, -0.2) is 4.68 Å². The van der Waals surface area contributed by atoms with Gasteiger partial charge in [-0.2, -0.15) is 5.10 Å². The Bertz CT molecular complexity index is 1130. The number of amides is 1. The van der Waals surface area contributed by atoms with E-state index in [4.69, 9.17) is 0 Å². The molecule has 2 fully saturated rings. The van der Waals surface area contributed by atoms with Gasteiger partial charge in [0.1, 0.15) is 12.1 Å². The molecule has 1 aliphatic heterocycles. The highest BCUT2D eigenvalue weighted by Gasteiger charge is 2.27. The second kappa shape index (κ2) is 7.87. The molecule has 2 aromatic heterocycles. The lowest BCUT2D eigenvalue weighted by atomic mass is 9.94. The number of rotatable bonds is 3. The summed E-state index contributed by atoms with van der Waals surface area (Å²) in [6.45, 7) is 5.35. The molecule has 5 rings (SSSR count). The maximum atomic E-state index is 13.0. The molecular formula is C23H29N5O2. The first kappa shape index (κ1) is 19.3. The number of H-pyrrole nitrogens is 1. The molecule has 1 aromatic carbocycles. The molecule has 7 nitrogen and oxygen atoms in total. The maximum Gasteiger partial charge on any atom is 0.291 e. The average Bonchev–Trinajstić information content (AvgIpc) is 3.15. The van der Waals surface area contributed by atoms with Crippen molar-refractivity contribution < 1.29 is 4.79 Å². The summed E-state index contributed by atoms with van der Waals surface area (Å²) in [5.41, 5.74) is 2.32. The fourth-order valence-corrected chi connectivity index (χ4v) is 5.06. The number of hydrogen-bond donors (Lipinski definition) is 1. The number of hydrogen-bond acceptors (Lipinski definition) is 4. The van der Waals surface area contributed by atoms with Crippen LogP contribution < -0.4 is 5.56 Å². The summed E-state index contributed by atoms with van der Waals surface area (Å²) in [4.78, 5) is 33.4. The van der Waals surface area contributed by atoms with Crippen molar-refractivity contribution in [2.24, 2.45) is 0 Å². The summed E-state index contributed by atoms with van der Waals surface area (Å²) in [5.74, 6) is -0.0285. The van der Waals surface area contributed by atoms with Gasteiger partial charge in [0.25, 0.3) is 5.56 Å². The monoisotopic (exact) mass is 407 g/mol. The Morgan fingerprint density at radius 2 is 1.87 bits per heavy atom. The number of nitrogens with zero attached hydrogens (tertiary/aromatic N) is 4. The van der Waals surface area contributed by atoms with Crippen LogP contribution in [0.5, 0.6) is 0 Å². The van der Waals surface area contributed by atoms with Crippen LogP contribution in [0.15, 0.2) is 29.2 Å². The number of nitrogens with one attached hydrogen (secondary N) is 1. The van der Waals surface area contributed by atoms with E-state index >= 15 is 0 Å². The summed E-state index contributed by atoms with van der Waals surface area (Å²) < 4.78 is 1.29. The molecule has 0 spiro atoms. The molecule has 0 bridgehead atoms. The van der Waals surface area contributed by atoms with Gasteiger partial charge in [0, 0.05) is 48.5 Å². The molecule has 0 radical (unpaired) electrons. The van der Waals surface area contributed by atoms with Crippen LogP contribution in [0.25, 0.3) is 21.8 Å². The van der Waals surface area contributed by atoms with Crippen molar-refractivity contribution in [1.82, 2.24) is 24.6 Å². The van der Waals surface area contributed by atoms with Crippen molar-refractivity contribution in [2.75, 3.05) is 26.2 Å². The Morgan fingerprint density at radius 1 is 1.10 bits per heavy atom. The Morgan fingerprint density at radius 3 is 2.63 bits per heavy atom. The van der Waals surface area contributed by atoms with Crippen LogP contribution in [0.2, 0.25) is 0 Å². The third-order valence-corrected chi connectivity index (χ3v) is 6.81. The molecule has 1 aliphatic carbocycles. The standard InChI is InChI=1S/C23H29N5O2/c1-16-7-8-20-18(13-16)19-14-24-28(23(30)22(19)25-20)15-21(29)27-11-9-26(10-12-27)17-5-3-2-4-6-17/h7-8,13-14,17,25H,2-6,9-12,15H2,1H3. The number of aromatic amines is 1. The van der Waals surface area contributed by atoms with Crippen LogP contribution in [0.4, 0.5) is 0 Å². The lowest BCUT2D eigenvalue weighted by molar-refractivity contribution is -0.134. The smallest absolute Gasteiger partial charge is 0.291 e. The van der Waals surface area contributed by atoms with Crippen molar-refractivity contribution in [3.05, 3.63) is 40.3 Å². The number of fused-ring (bicyclic) bond motifs is 3. The van der Waals surface area contributed by atoms with Gasteiger partial charge in [-0.05, 0) is 31.9 Å². The Kier molecular flexibility index (Phi) is 5.06. The van der Waals surface area contributed by atoms with E-state index in [1.165, 1.54) is 36.8 Å². The molecule has 7 heteroatoms. The van der Waals surface area contributed by atoms with Gasteiger partial charge in [0.15, 0.2) is 0 Å². The van der Waals surface area contributed by atoms with Crippen LogP contribution in [0.3, 0.4) is 0 Å². The zero-order chi connectivity index (χ0) is 20.7. The van der Waals surface area contributed by atoms with Crippen LogP contribution in [-0.4, -0.2) is 62.7 Å². The second-order valence-corrected chi connectivity index (χ2v) is 8.78. The van der Waals surface area contributed by atoms with Crippen molar-refractivity contribution >= 4 is 27.7 Å². The third-order valence-electron chi connectivity index (χ3n) is 6.81. The van der Waals surface area contributed by atoms with E-state index in [2.05, 4.69) is 21.0 Å². The number of carbonyl (C=O) groups is 1. The molecule has 1 amide bonds. The summed E-state index contributed by atoms with van der Waals surface area (Å²) in [6, 6.07) is 6.73. The number of aryl methyl sites for hydroxylation is 1. The first-order valence-corrected chi connectivity index (χ1v) is 11.1. The molecule has 1 saturated heterocycles. The number of carbonyl (C=O) groups excluding carboxylic acids is 1. The van der Waals surface area contributed by atoms with Gasteiger partial charge in [0.2, 0.25) is 5.91 Å². The summed E-state index contributed by atoms with van der Waals surface area (Å²) in [6.07, 6.45) is 8.29. The van der Waals surface area contributed by atoms with E-state index in [0.29, 0.717) is 11.6 Å². The fourth-order valence-electron chi connectivity index (χ4n) is 5.06. The van der Waals surface area contributed by atoms with Crippen LogP contribution in [0, 0.1) is 6.92 Å². The summed E-state index contributed by atoms with van der Waals surface area (Å²) in [5, 5.41) is 6.11. The van der Waals surface area contributed by atoms with E-state index in [0.717, 1.165) is 48.0 Å². The van der Waals surface area contributed by atoms with Gasteiger partial charge >= 0.3 is 0 Å². The zero-order valence-electron chi connectivity index (χ0n) is 17.6. The van der Waals surface area contributed by atoms with Crippen molar-refractivity contribution in [3.8, 4) is 0 Å². The molecule has 0 unspecified atom stereocenters. The van der Waals surface area contributed by atoms with Gasteiger partial charge in [-0.15, -0.1) is 0 Å². The Balaban J connectivity index is 1.29. The minimum absolute atomic E-state index is 0.00735. The second-order valence-electron chi connectivity index (χ2n) is 8.78. The SMILES string of the molecule is Cc1ccc2[nH]c3c(=O)n(CC(=O)N4CCN(C5CCCCC5)CC4)ncc3c2c1. The predicted molar refractivity (Wildman–Crippen MR) is 118 cm³/mol. The first-order valence-electron chi connectivity index (χ1n) is 11.1. The normalized spacial score (nSPS) is 19.0. The molecule has 30 heavy (non-hydrogen) atoms. The topological polar surface area (TPSA) is 74.2 Å². The van der Waals surface area contributed by atoms with Gasteiger partial charge in [-0.1, -0.05) is 30.9 Å². The quantitative estimate of drug-likeness (QED) is 0.724. The van der Waals surface area contributed by atoms with E-state index in [9.17, 15) is 9.59 Å². The molecule has 3 aromatic rings. The lowest BCUT2D eigenvalue weighted by Crippen LogP contribution is -2.53. The number of benzene rings is 1. The van der Waals surface area contributed by atoms with Gasteiger partial charge in [-0.3, -0.25) is 14.5 Å². The number of piperazine rings is 1. The molecule has 2 aliphatic rings. The fraction of sp³-hybridized carbons (Fsp3) is 0.522. The molecular weight excluding hydrogens is 378 g/mol. The first-order chi connectivity index (χ1) is 14.6. The van der Waals surface area contributed by atoms with E-state index in [1.54, 1.807) is 6.20 Å².